The number of halogens is 2. The third kappa shape index (κ3) is 3.24. The molecule has 0 atom stereocenters. The van der Waals surface area contributed by atoms with Gasteiger partial charge in [0.1, 0.15) is 10.3 Å². The molecule has 0 unspecified atom stereocenters. The number of nitro groups is 1. The molecule has 126 valence electrons. The number of thiazole rings is 1. The lowest BCUT2D eigenvalue weighted by atomic mass is 10.3. The zero-order valence-electron chi connectivity index (χ0n) is 12.3. The van der Waals surface area contributed by atoms with Crippen molar-refractivity contribution in [3.05, 3.63) is 62.0 Å². The number of aromatic nitrogens is 3. The van der Waals surface area contributed by atoms with Crippen LogP contribution in [0.4, 0.5) is 5.69 Å². The summed E-state index contributed by atoms with van der Waals surface area (Å²) >= 11 is 12.6. The molecular formula is C15H8BrClN4O2S2. The average molecular weight is 456 g/mol. The van der Waals surface area contributed by atoms with Crippen LogP contribution in [0.3, 0.4) is 0 Å². The molecule has 0 N–H and O–H groups in total. The number of hydrogen-bond acceptors (Lipinski definition) is 6. The average Bonchev–Trinajstić information content (AvgIpc) is 3.13. The van der Waals surface area contributed by atoms with E-state index in [4.69, 9.17) is 11.6 Å². The summed E-state index contributed by atoms with van der Waals surface area (Å²) in [7, 11) is 0. The standard InChI is InChI=1S/C15H8BrClN4O2S2/c16-14-11(18-13-4-1-8(17)6-20(13)14)7-24-15-19-10-5-9(21(22)23)2-3-12(10)25-15/h1-6H,7H2. The van der Waals surface area contributed by atoms with E-state index >= 15 is 0 Å². The minimum Gasteiger partial charge on any atom is -0.292 e. The highest BCUT2D eigenvalue weighted by atomic mass is 79.9. The molecule has 25 heavy (non-hydrogen) atoms. The monoisotopic (exact) mass is 454 g/mol. The van der Waals surface area contributed by atoms with Crippen LogP contribution in [0.15, 0.2) is 45.5 Å². The van der Waals surface area contributed by atoms with Gasteiger partial charge in [-0.15, -0.1) is 11.3 Å². The van der Waals surface area contributed by atoms with Crippen LogP contribution in [-0.2, 0) is 5.75 Å². The molecule has 0 aliphatic heterocycles. The van der Waals surface area contributed by atoms with Gasteiger partial charge in [0.15, 0.2) is 4.34 Å². The second-order valence-corrected chi connectivity index (χ2v) is 8.54. The van der Waals surface area contributed by atoms with Gasteiger partial charge in [0, 0.05) is 24.1 Å². The molecule has 1 aromatic carbocycles. The lowest BCUT2D eigenvalue weighted by Crippen LogP contribution is -1.86. The van der Waals surface area contributed by atoms with Crippen molar-refractivity contribution in [2.45, 2.75) is 10.1 Å². The maximum atomic E-state index is 10.9. The first-order chi connectivity index (χ1) is 12.0. The van der Waals surface area contributed by atoms with Gasteiger partial charge >= 0.3 is 0 Å². The SMILES string of the molecule is O=[N+]([O-])c1ccc2sc(SCc3nc4ccc(Cl)cn4c3Br)nc2c1. The van der Waals surface area contributed by atoms with Gasteiger partial charge in [-0.3, -0.25) is 14.5 Å². The van der Waals surface area contributed by atoms with E-state index < -0.39 is 4.92 Å². The van der Waals surface area contributed by atoms with Gasteiger partial charge < -0.3 is 0 Å². The Labute approximate surface area is 163 Å². The predicted molar refractivity (Wildman–Crippen MR) is 104 cm³/mol. The van der Waals surface area contributed by atoms with Crippen molar-refractivity contribution in [2.24, 2.45) is 0 Å². The minimum atomic E-state index is -0.412. The summed E-state index contributed by atoms with van der Waals surface area (Å²) in [6.45, 7) is 0. The quantitative estimate of drug-likeness (QED) is 0.229. The van der Waals surface area contributed by atoms with Crippen LogP contribution in [0.5, 0.6) is 0 Å². The smallest absolute Gasteiger partial charge is 0.271 e. The molecule has 4 rings (SSSR count). The normalized spacial score (nSPS) is 11.4. The number of imidazole rings is 1. The Bertz CT molecular complexity index is 1130. The lowest BCUT2D eigenvalue weighted by Gasteiger charge is -1.96. The van der Waals surface area contributed by atoms with E-state index in [2.05, 4.69) is 25.9 Å². The number of pyridine rings is 1. The fourth-order valence-corrected chi connectivity index (χ4v) is 5.17. The molecule has 6 nitrogen and oxygen atoms in total. The maximum absolute atomic E-state index is 10.9. The molecule has 0 aliphatic rings. The molecule has 0 amide bonds. The highest BCUT2D eigenvalue weighted by Crippen LogP contribution is 2.34. The molecule has 10 heteroatoms. The summed E-state index contributed by atoms with van der Waals surface area (Å²) in [6, 6.07) is 8.39. The predicted octanol–water partition coefficient (Wildman–Crippen LogP) is 5.56. The molecule has 0 fully saturated rings. The first kappa shape index (κ1) is 16.8. The van der Waals surface area contributed by atoms with Crippen LogP contribution < -0.4 is 0 Å². The van der Waals surface area contributed by atoms with E-state index in [-0.39, 0.29) is 5.69 Å². The number of nitro benzene ring substituents is 1. The van der Waals surface area contributed by atoms with E-state index in [0.29, 0.717) is 16.3 Å². The molecule has 0 radical (unpaired) electrons. The van der Waals surface area contributed by atoms with Crippen molar-refractivity contribution < 1.29 is 4.92 Å². The van der Waals surface area contributed by atoms with Crippen LogP contribution in [0, 0.1) is 10.1 Å². The molecular weight excluding hydrogens is 448 g/mol. The van der Waals surface area contributed by atoms with Gasteiger partial charge in [0.05, 0.1) is 25.9 Å². The van der Waals surface area contributed by atoms with E-state index in [1.807, 2.05) is 10.5 Å². The highest BCUT2D eigenvalue weighted by molar-refractivity contribution is 9.10. The Morgan fingerprint density at radius 2 is 2.16 bits per heavy atom. The van der Waals surface area contributed by atoms with Gasteiger partial charge in [-0.05, 0) is 34.1 Å². The number of fused-ring (bicyclic) bond motifs is 2. The Morgan fingerprint density at radius 3 is 2.96 bits per heavy atom. The molecule has 0 saturated heterocycles. The summed E-state index contributed by atoms with van der Waals surface area (Å²) in [4.78, 5) is 19.5. The zero-order valence-corrected chi connectivity index (χ0v) is 16.3. The largest absolute Gasteiger partial charge is 0.292 e. The van der Waals surface area contributed by atoms with Crippen molar-refractivity contribution in [1.82, 2.24) is 14.4 Å². The Hall–Kier alpha value is -1.68. The minimum absolute atomic E-state index is 0.0503. The van der Waals surface area contributed by atoms with Crippen molar-refractivity contribution >= 4 is 72.2 Å². The fourth-order valence-electron chi connectivity index (χ4n) is 2.33. The Balaban J connectivity index is 1.60. The van der Waals surface area contributed by atoms with Gasteiger partial charge in [0.25, 0.3) is 5.69 Å². The molecule has 0 bridgehead atoms. The summed E-state index contributed by atoms with van der Waals surface area (Å²) in [5, 5.41) is 11.5. The second kappa shape index (κ2) is 6.56. The molecule has 0 aliphatic carbocycles. The van der Waals surface area contributed by atoms with Crippen LogP contribution in [0.1, 0.15) is 5.69 Å². The van der Waals surface area contributed by atoms with Gasteiger partial charge in [-0.1, -0.05) is 23.4 Å². The topological polar surface area (TPSA) is 73.3 Å². The Kier molecular flexibility index (Phi) is 4.40. The van der Waals surface area contributed by atoms with Crippen molar-refractivity contribution in [1.29, 1.82) is 0 Å². The summed E-state index contributed by atoms with van der Waals surface area (Å²) in [5.74, 6) is 0.627. The zero-order chi connectivity index (χ0) is 17.6. The highest BCUT2D eigenvalue weighted by Gasteiger charge is 2.14. The number of benzene rings is 1. The summed E-state index contributed by atoms with van der Waals surface area (Å²) < 4.78 is 4.51. The maximum Gasteiger partial charge on any atom is 0.271 e. The first-order valence-corrected chi connectivity index (χ1v) is 9.98. The van der Waals surface area contributed by atoms with E-state index in [1.165, 1.54) is 23.5 Å². The lowest BCUT2D eigenvalue weighted by molar-refractivity contribution is -0.384. The number of rotatable bonds is 4. The summed E-state index contributed by atoms with van der Waals surface area (Å²) in [5.41, 5.74) is 2.39. The first-order valence-electron chi connectivity index (χ1n) is 7.01. The third-order valence-corrected chi connectivity index (χ3v) is 6.74. The van der Waals surface area contributed by atoms with E-state index in [1.54, 1.807) is 30.1 Å². The molecule has 0 spiro atoms. The molecule has 3 aromatic heterocycles. The van der Waals surface area contributed by atoms with Crippen molar-refractivity contribution in [2.75, 3.05) is 0 Å². The van der Waals surface area contributed by atoms with Crippen LogP contribution in [0.25, 0.3) is 15.9 Å². The van der Waals surface area contributed by atoms with E-state index in [9.17, 15) is 10.1 Å². The van der Waals surface area contributed by atoms with Crippen molar-refractivity contribution in [3.63, 3.8) is 0 Å². The number of nitrogens with zero attached hydrogens (tertiary/aromatic N) is 4. The fraction of sp³-hybridized carbons (Fsp3) is 0.0667. The van der Waals surface area contributed by atoms with Crippen LogP contribution in [0.2, 0.25) is 5.02 Å². The van der Waals surface area contributed by atoms with Crippen molar-refractivity contribution in [3.8, 4) is 0 Å². The van der Waals surface area contributed by atoms with Gasteiger partial charge in [-0.2, -0.15) is 0 Å². The van der Waals surface area contributed by atoms with Crippen LogP contribution >= 0.6 is 50.6 Å². The molecule has 3 heterocycles. The summed E-state index contributed by atoms with van der Waals surface area (Å²) in [6.07, 6.45) is 1.80. The Morgan fingerprint density at radius 1 is 1.32 bits per heavy atom. The number of thioether (sulfide) groups is 1. The number of hydrogen-bond donors (Lipinski definition) is 0. The van der Waals surface area contributed by atoms with Gasteiger partial charge in [0.2, 0.25) is 0 Å². The number of non-ortho nitro benzene ring substituents is 1. The molecule has 4 aromatic rings. The second-order valence-electron chi connectivity index (χ2n) is 5.10. The van der Waals surface area contributed by atoms with E-state index in [0.717, 1.165) is 25.0 Å². The van der Waals surface area contributed by atoms with Gasteiger partial charge in [-0.25, -0.2) is 9.97 Å². The third-order valence-electron chi connectivity index (χ3n) is 3.48. The van der Waals surface area contributed by atoms with Crippen LogP contribution in [-0.4, -0.2) is 19.3 Å². The molecule has 0 saturated carbocycles.